The van der Waals surface area contributed by atoms with Crippen molar-refractivity contribution in [2.75, 3.05) is 13.6 Å². The van der Waals surface area contributed by atoms with E-state index in [1.165, 1.54) is 18.4 Å². The number of halogens is 4. The molecule has 96 valence electrons. The third-order valence-electron chi connectivity index (χ3n) is 1.89. The molecule has 0 spiro atoms. The molecule has 0 fully saturated rings. The summed E-state index contributed by atoms with van der Waals surface area (Å²) in [7, 11) is 1.38. The van der Waals surface area contributed by atoms with E-state index in [1.807, 2.05) is 0 Å². The summed E-state index contributed by atoms with van der Waals surface area (Å²) in [6.07, 6.45) is -4.35. The molecule has 1 aromatic rings. The van der Waals surface area contributed by atoms with Crippen LogP contribution >= 0.6 is 27.3 Å². The fourth-order valence-electron chi connectivity index (χ4n) is 1.16. The molecule has 2 N–H and O–H groups in total. The summed E-state index contributed by atoms with van der Waals surface area (Å²) in [5, 5.41) is 6.23. The summed E-state index contributed by atoms with van der Waals surface area (Å²) in [6, 6.07) is 0.631. The smallest absolute Gasteiger partial charge is 0.357 e. The Hall–Kier alpha value is -0.600. The van der Waals surface area contributed by atoms with Gasteiger partial charge in [-0.25, -0.2) is 0 Å². The number of likely N-dealkylation sites (N-methyl/N-ethyl adjacent to an activating group) is 1. The summed E-state index contributed by atoms with van der Waals surface area (Å²) < 4.78 is 37.0. The Morgan fingerprint density at radius 3 is 2.65 bits per heavy atom. The minimum Gasteiger partial charge on any atom is -0.357 e. The van der Waals surface area contributed by atoms with E-state index in [1.54, 1.807) is 11.4 Å². The highest BCUT2D eigenvalue weighted by Gasteiger charge is 2.30. The van der Waals surface area contributed by atoms with Crippen molar-refractivity contribution in [1.82, 2.24) is 10.6 Å². The summed E-state index contributed by atoms with van der Waals surface area (Å²) in [4.78, 5) is 12.0. The first-order valence-electron chi connectivity index (χ1n) is 4.59. The van der Waals surface area contributed by atoms with Gasteiger partial charge in [0.1, 0.15) is 6.04 Å². The SMILES string of the molecule is CNC(=O)C(NCC(F)(F)F)c1cc(Br)cs1. The fourth-order valence-corrected chi connectivity index (χ4v) is 2.68. The third kappa shape index (κ3) is 4.64. The highest BCUT2D eigenvalue weighted by atomic mass is 79.9. The maximum Gasteiger partial charge on any atom is 0.401 e. The van der Waals surface area contributed by atoms with E-state index < -0.39 is 24.7 Å². The molecular formula is C9H10BrF3N2OS. The van der Waals surface area contributed by atoms with Gasteiger partial charge >= 0.3 is 6.18 Å². The van der Waals surface area contributed by atoms with E-state index in [2.05, 4.69) is 26.6 Å². The molecule has 1 unspecified atom stereocenters. The Bertz CT molecular complexity index is 394. The monoisotopic (exact) mass is 330 g/mol. The van der Waals surface area contributed by atoms with Crippen molar-refractivity contribution in [3.63, 3.8) is 0 Å². The lowest BCUT2D eigenvalue weighted by molar-refractivity contribution is -0.131. The quantitative estimate of drug-likeness (QED) is 0.890. The second-order valence-electron chi connectivity index (χ2n) is 3.21. The molecule has 17 heavy (non-hydrogen) atoms. The van der Waals surface area contributed by atoms with Crippen LogP contribution in [0.1, 0.15) is 10.9 Å². The predicted octanol–water partition coefficient (Wildman–Crippen LogP) is 2.45. The molecule has 0 aromatic carbocycles. The Labute approximate surface area is 109 Å². The Kier molecular flexibility index (Phi) is 4.96. The molecule has 1 rings (SSSR count). The van der Waals surface area contributed by atoms with Gasteiger partial charge in [0.15, 0.2) is 0 Å². The van der Waals surface area contributed by atoms with Gasteiger partial charge in [-0.15, -0.1) is 11.3 Å². The van der Waals surface area contributed by atoms with E-state index in [9.17, 15) is 18.0 Å². The number of thiophene rings is 1. The average molecular weight is 331 g/mol. The van der Waals surface area contributed by atoms with Crippen molar-refractivity contribution in [3.8, 4) is 0 Å². The first-order chi connectivity index (χ1) is 7.83. The van der Waals surface area contributed by atoms with Crippen LogP contribution in [0.25, 0.3) is 0 Å². The van der Waals surface area contributed by atoms with Gasteiger partial charge < -0.3 is 5.32 Å². The number of alkyl halides is 3. The lowest BCUT2D eigenvalue weighted by atomic mass is 10.2. The number of carbonyl (C=O) groups is 1. The zero-order valence-electron chi connectivity index (χ0n) is 8.77. The zero-order chi connectivity index (χ0) is 13.1. The maximum atomic E-state index is 12.1. The summed E-state index contributed by atoms with van der Waals surface area (Å²) in [6.45, 7) is -1.21. The number of hydrogen-bond donors (Lipinski definition) is 2. The molecule has 0 aliphatic heterocycles. The standard InChI is InChI=1S/C9H10BrF3N2OS/c1-14-8(16)7(15-4-9(11,12)13)6-2-5(10)3-17-6/h2-3,7,15H,4H2,1H3,(H,14,16). The molecule has 1 amide bonds. The van der Waals surface area contributed by atoms with Crippen LogP contribution in [0.2, 0.25) is 0 Å². The Morgan fingerprint density at radius 2 is 2.24 bits per heavy atom. The predicted molar refractivity (Wildman–Crippen MR) is 62.9 cm³/mol. The lowest BCUT2D eigenvalue weighted by Crippen LogP contribution is -2.39. The molecule has 0 saturated carbocycles. The Balaban J connectivity index is 2.78. The van der Waals surface area contributed by atoms with Crippen molar-refractivity contribution < 1.29 is 18.0 Å². The van der Waals surface area contributed by atoms with Crippen molar-refractivity contribution in [1.29, 1.82) is 0 Å². The zero-order valence-corrected chi connectivity index (χ0v) is 11.2. The van der Waals surface area contributed by atoms with Gasteiger partial charge in [0, 0.05) is 21.8 Å². The highest BCUT2D eigenvalue weighted by molar-refractivity contribution is 9.10. The van der Waals surface area contributed by atoms with Gasteiger partial charge in [0.25, 0.3) is 0 Å². The largest absolute Gasteiger partial charge is 0.401 e. The molecule has 0 radical (unpaired) electrons. The van der Waals surface area contributed by atoms with Crippen LogP contribution in [-0.4, -0.2) is 25.7 Å². The molecule has 1 atom stereocenters. The van der Waals surface area contributed by atoms with Crippen molar-refractivity contribution in [2.45, 2.75) is 12.2 Å². The van der Waals surface area contributed by atoms with Gasteiger partial charge in [-0.3, -0.25) is 10.1 Å². The second-order valence-corrected chi connectivity index (χ2v) is 5.07. The van der Waals surface area contributed by atoms with Gasteiger partial charge in [0.05, 0.1) is 6.54 Å². The number of carbonyl (C=O) groups excluding carboxylic acids is 1. The van der Waals surface area contributed by atoms with Crippen LogP contribution < -0.4 is 10.6 Å². The van der Waals surface area contributed by atoms with Crippen molar-refractivity contribution in [3.05, 3.63) is 20.8 Å². The normalized spacial score (nSPS) is 13.5. The van der Waals surface area contributed by atoms with Crippen LogP contribution in [0.5, 0.6) is 0 Å². The van der Waals surface area contributed by atoms with Gasteiger partial charge in [-0.05, 0) is 22.0 Å². The van der Waals surface area contributed by atoms with Crippen LogP contribution in [0.3, 0.4) is 0 Å². The summed E-state index contributed by atoms with van der Waals surface area (Å²) in [5.74, 6) is -0.497. The fraction of sp³-hybridized carbons (Fsp3) is 0.444. The van der Waals surface area contributed by atoms with E-state index in [0.29, 0.717) is 4.88 Å². The number of rotatable bonds is 4. The minimum absolute atomic E-state index is 0.497. The van der Waals surface area contributed by atoms with E-state index >= 15 is 0 Å². The molecule has 3 nitrogen and oxygen atoms in total. The second kappa shape index (κ2) is 5.83. The van der Waals surface area contributed by atoms with Gasteiger partial charge in [-0.2, -0.15) is 13.2 Å². The molecular weight excluding hydrogens is 321 g/mol. The first-order valence-corrected chi connectivity index (χ1v) is 6.26. The molecule has 1 heterocycles. The molecule has 0 bridgehead atoms. The van der Waals surface area contributed by atoms with E-state index in [-0.39, 0.29) is 0 Å². The Morgan fingerprint density at radius 1 is 1.59 bits per heavy atom. The van der Waals surface area contributed by atoms with Crippen LogP contribution in [0.4, 0.5) is 13.2 Å². The van der Waals surface area contributed by atoms with E-state index in [4.69, 9.17) is 0 Å². The number of amides is 1. The highest BCUT2D eigenvalue weighted by Crippen LogP contribution is 2.26. The van der Waals surface area contributed by atoms with Crippen LogP contribution in [0, 0.1) is 0 Å². The van der Waals surface area contributed by atoms with Crippen molar-refractivity contribution >= 4 is 33.2 Å². The van der Waals surface area contributed by atoms with Gasteiger partial charge in [-0.1, -0.05) is 0 Å². The van der Waals surface area contributed by atoms with Crippen LogP contribution in [0.15, 0.2) is 15.9 Å². The minimum atomic E-state index is -4.35. The topological polar surface area (TPSA) is 41.1 Å². The molecule has 0 saturated heterocycles. The maximum absolute atomic E-state index is 12.1. The number of hydrogen-bond acceptors (Lipinski definition) is 3. The molecule has 8 heteroatoms. The van der Waals surface area contributed by atoms with Gasteiger partial charge in [0.2, 0.25) is 5.91 Å². The molecule has 1 aromatic heterocycles. The summed E-state index contributed by atoms with van der Waals surface area (Å²) >= 11 is 4.41. The van der Waals surface area contributed by atoms with E-state index in [0.717, 1.165) is 4.47 Å². The third-order valence-corrected chi connectivity index (χ3v) is 3.65. The van der Waals surface area contributed by atoms with Crippen LogP contribution in [-0.2, 0) is 4.79 Å². The molecule has 0 aliphatic carbocycles. The van der Waals surface area contributed by atoms with Crippen molar-refractivity contribution in [2.24, 2.45) is 0 Å². The summed E-state index contributed by atoms with van der Waals surface area (Å²) in [5.41, 5.74) is 0. The average Bonchev–Trinajstić information content (AvgIpc) is 2.63. The number of nitrogens with one attached hydrogen (secondary N) is 2. The lowest BCUT2D eigenvalue weighted by Gasteiger charge is -2.17. The molecule has 0 aliphatic rings. The first kappa shape index (κ1) is 14.5.